The van der Waals surface area contributed by atoms with Gasteiger partial charge in [-0.15, -0.1) is 6.58 Å². The summed E-state index contributed by atoms with van der Waals surface area (Å²) in [6.45, 7) is 4.29. The third kappa shape index (κ3) is 8.80. The number of carboxylic acids is 1. The lowest BCUT2D eigenvalue weighted by Gasteiger charge is -2.23. The molecule has 7 nitrogen and oxygen atoms in total. The summed E-state index contributed by atoms with van der Waals surface area (Å²) in [4.78, 5) is 39.7. The van der Waals surface area contributed by atoms with Gasteiger partial charge in [0.15, 0.2) is 5.78 Å². The number of carbonyl (C=O) groups is 3. The number of hydrogen-bond donors (Lipinski definition) is 2. The molecule has 0 saturated carbocycles. The van der Waals surface area contributed by atoms with Gasteiger partial charge in [-0.25, -0.2) is 4.79 Å². The number of rotatable bonds is 15. The fourth-order valence-corrected chi connectivity index (χ4v) is 4.66. The first-order valence-electron chi connectivity index (χ1n) is 13.9. The summed E-state index contributed by atoms with van der Waals surface area (Å²) in [5.41, 5.74) is 2.89. The van der Waals surface area contributed by atoms with Crippen LogP contribution in [0.2, 0.25) is 5.02 Å². The zero-order valence-corrected chi connectivity index (χ0v) is 24.4. The number of amides is 1. The lowest BCUT2D eigenvalue weighted by atomic mass is 10.00. The predicted molar refractivity (Wildman–Crippen MR) is 170 cm³/mol. The van der Waals surface area contributed by atoms with Gasteiger partial charge in [-0.3, -0.25) is 9.59 Å². The van der Waals surface area contributed by atoms with E-state index >= 15 is 0 Å². The number of carbonyl (C=O) groups excluding carboxylic acids is 2. The Kier molecular flexibility index (Phi) is 11.1. The Morgan fingerprint density at radius 2 is 1.58 bits per heavy atom. The Bertz CT molecular complexity index is 1540. The minimum atomic E-state index is -1.04. The van der Waals surface area contributed by atoms with Crippen LogP contribution < -0.4 is 15.0 Å². The molecule has 0 bridgehead atoms. The molecule has 0 aliphatic carbocycles. The molecule has 0 heterocycles. The number of anilines is 2. The molecule has 2 N–H and O–H groups in total. The molecule has 4 rings (SSSR count). The molecule has 0 saturated heterocycles. The van der Waals surface area contributed by atoms with Gasteiger partial charge in [-0.05, 0) is 60.5 Å². The van der Waals surface area contributed by atoms with Gasteiger partial charge in [0.05, 0.1) is 6.54 Å². The Morgan fingerprint density at radius 3 is 2.26 bits per heavy atom. The number of halogens is 1. The van der Waals surface area contributed by atoms with Crippen molar-refractivity contribution in [2.45, 2.75) is 25.3 Å². The van der Waals surface area contributed by atoms with Crippen LogP contribution in [0.1, 0.15) is 34.3 Å². The van der Waals surface area contributed by atoms with Crippen LogP contribution in [-0.4, -0.2) is 42.0 Å². The molecule has 43 heavy (non-hydrogen) atoms. The van der Waals surface area contributed by atoms with Gasteiger partial charge in [-0.1, -0.05) is 72.3 Å². The topological polar surface area (TPSA) is 95.9 Å². The molecule has 0 unspecified atom stereocenters. The van der Waals surface area contributed by atoms with E-state index in [1.165, 1.54) is 0 Å². The molecule has 1 amide bonds. The monoisotopic (exact) mass is 596 g/mol. The molecule has 0 spiro atoms. The minimum absolute atomic E-state index is 0.0413. The van der Waals surface area contributed by atoms with Gasteiger partial charge >= 0.3 is 5.97 Å². The SMILES string of the molecule is C=CCCC(=O)N(CCOc1ccc(C[C@H](Nc2ccccc2C(=O)c2ccccc2)C(=O)O)cc1)c1ccc(Cl)cc1. The van der Waals surface area contributed by atoms with E-state index in [1.54, 1.807) is 108 Å². The Morgan fingerprint density at radius 1 is 0.907 bits per heavy atom. The molecule has 0 aliphatic rings. The third-order valence-electron chi connectivity index (χ3n) is 6.78. The van der Waals surface area contributed by atoms with E-state index in [1.807, 2.05) is 6.07 Å². The summed E-state index contributed by atoms with van der Waals surface area (Å²) in [6, 6.07) is 29.0. The van der Waals surface area contributed by atoms with Crippen molar-refractivity contribution < 1.29 is 24.2 Å². The van der Waals surface area contributed by atoms with E-state index in [2.05, 4.69) is 11.9 Å². The van der Waals surface area contributed by atoms with Gasteiger partial charge < -0.3 is 20.1 Å². The summed E-state index contributed by atoms with van der Waals surface area (Å²) >= 11 is 6.02. The molecule has 0 radical (unpaired) electrons. The predicted octanol–water partition coefficient (Wildman–Crippen LogP) is 7.06. The number of allylic oxidation sites excluding steroid dienone is 1. The smallest absolute Gasteiger partial charge is 0.326 e. The summed E-state index contributed by atoms with van der Waals surface area (Å²) < 4.78 is 5.91. The second-order valence-electron chi connectivity index (χ2n) is 9.82. The van der Waals surface area contributed by atoms with Crippen LogP contribution in [0.3, 0.4) is 0 Å². The standard InChI is InChI=1S/C35H33ClN2O5/c1-2-3-13-33(39)38(28-18-16-27(36)17-19-28)22-23-43-29-20-14-25(15-21-29)24-32(35(41)42)37-31-12-8-7-11-30(31)34(40)26-9-5-4-6-10-26/h2,4-12,14-21,32,37H,1,3,13,22-24H2,(H,41,42)/t32-/m0/s1. The molecule has 1 atom stereocenters. The number of nitrogens with one attached hydrogen (secondary N) is 1. The first kappa shape index (κ1) is 31.1. The number of aliphatic carboxylic acids is 1. The highest BCUT2D eigenvalue weighted by Gasteiger charge is 2.21. The van der Waals surface area contributed by atoms with E-state index in [9.17, 15) is 19.5 Å². The molecule has 4 aromatic carbocycles. The number of carboxylic acid groups (broad SMARTS) is 1. The fraction of sp³-hybridized carbons (Fsp3) is 0.171. The van der Waals surface area contributed by atoms with Crippen molar-refractivity contribution in [1.82, 2.24) is 0 Å². The van der Waals surface area contributed by atoms with E-state index < -0.39 is 12.0 Å². The highest BCUT2D eigenvalue weighted by molar-refractivity contribution is 6.30. The highest BCUT2D eigenvalue weighted by atomic mass is 35.5. The number of nitrogens with zero attached hydrogens (tertiary/aromatic N) is 1. The van der Waals surface area contributed by atoms with Crippen LogP contribution >= 0.6 is 11.6 Å². The van der Waals surface area contributed by atoms with Crippen LogP contribution in [0.25, 0.3) is 0 Å². The van der Waals surface area contributed by atoms with Crippen molar-refractivity contribution in [3.63, 3.8) is 0 Å². The van der Waals surface area contributed by atoms with Crippen LogP contribution in [0.4, 0.5) is 11.4 Å². The van der Waals surface area contributed by atoms with Gasteiger partial charge in [0.1, 0.15) is 18.4 Å². The van der Waals surface area contributed by atoms with Crippen molar-refractivity contribution in [3.05, 3.63) is 137 Å². The second-order valence-corrected chi connectivity index (χ2v) is 10.3. The average molecular weight is 597 g/mol. The first-order chi connectivity index (χ1) is 20.9. The first-order valence-corrected chi connectivity index (χ1v) is 14.3. The minimum Gasteiger partial charge on any atom is -0.492 e. The molecular weight excluding hydrogens is 564 g/mol. The van der Waals surface area contributed by atoms with E-state index in [0.717, 1.165) is 11.3 Å². The quantitative estimate of drug-likeness (QED) is 0.113. The summed E-state index contributed by atoms with van der Waals surface area (Å²) in [6.07, 6.45) is 2.81. The summed E-state index contributed by atoms with van der Waals surface area (Å²) in [5.74, 6) is -0.672. The zero-order valence-electron chi connectivity index (χ0n) is 23.6. The normalized spacial score (nSPS) is 11.3. The Balaban J connectivity index is 1.38. The maximum absolute atomic E-state index is 13.1. The average Bonchev–Trinajstić information content (AvgIpc) is 3.03. The third-order valence-corrected chi connectivity index (χ3v) is 7.04. The molecule has 0 fully saturated rings. The summed E-state index contributed by atoms with van der Waals surface area (Å²) in [5, 5.41) is 13.6. The molecule has 0 aliphatic heterocycles. The Labute approximate surface area is 256 Å². The molecule has 8 heteroatoms. The molecule has 0 aromatic heterocycles. The number of benzene rings is 4. The number of ether oxygens (including phenoxy) is 1. The van der Waals surface area contributed by atoms with Crippen LogP contribution in [0.5, 0.6) is 5.75 Å². The number of para-hydroxylation sites is 1. The van der Waals surface area contributed by atoms with E-state index in [-0.39, 0.29) is 24.7 Å². The second kappa shape index (κ2) is 15.4. The van der Waals surface area contributed by atoms with Crippen molar-refractivity contribution >= 4 is 40.6 Å². The zero-order chi connectivity index (χ0) is 30.6. The summed E-state index contributed by atoms with van der Waals surface area (Å²) in [7, 11) is 0. The number of hydrogen-bond acceptors (Lipinski definition) is 5. The van der Waals surface area contributed by atoms with Crippen LogP contribution in [0, 0.1) is 0 Å². The fourth-order valence-electron chi connectivity index (χ4n) is 4.53. The van der Waals surface area contributed by atoms with Crippen molar-refractivity contribution in [3.8, 4) is 5.75 Å². The van der Waals surface area contributed by atoms with Crippen LogP contribution in [0.15, 0.2) is 116 Å². The number of ketones is 1. The van der Waals surface area contributed by atoms with Gasteiger partial charge in [0.2, 0.25) is 5.91 Å². The van der Waals surface area contributed by atoms with Crippen molar-refractivity contribution in [1.29, 1.82) is 0 Å². The van der Waals surface area contributed by atoms with E-state index in [4.69, 9.17) is 16.3 Å². The van der Waals surface area contributed by atoms with E-state index in [0.29, 0.717) is 47.0 Å². The van der Waals surface area contributed by atoms with Crippen molar-refractivity contribution in [2.75, 3.05) is 23.4 Å². The van der Waals surface area contributed by atoms with Crippen molar-refractivity contribution in [2.24, 2.45) is 0 Å². The molecular formula is C35H33ClN2O5. The maximum atomic E-state index is 13.1. The lowest BCUT2D eigenvalue weighted by molar-refractivity contribution is -0.137. The highest BCUT2D eigenvalue weighted by Crippen LogP contribution is 2.23. The van der Waals surface area contributed by atoms with Gasteiger partial charge in [0.25, 0.3) is 0 Å². The lowest BCUT2D eigenvalue weighted by Crippen LogP contribution is -2.34. The van der Waals surface area contributed by atoms with Gasteiger partial charge in [-0.2, -0.15) is 0 Å². The van der Waals surface area contributed by atoms with Crippen LogP contribution in [-0.2, 0) is 16.0 Å². The largest absolute Gasteiger partial charge is 0.492 e. The van der Waals surface area contributed by atoms with Gasteiger partial charge in [0, 0.05) is 40.4 Å². The Hall–Kier alpha value is -4.88. The molecule has 220 valence electrons. The maximum Gasteiger partial charge on any atom is 0.326 e. The molecule has 4 aromatic rings.